The summed E-state index contributed by atoms with van der Waals surface area (Å²) in [6.45, 7) is 1.97. The summed E-state index contributed by atoms with van der Waals surface area (Å²) >= 11 is 0. The molecule has 5 nitrogen and oxygen atoms in total. The molecule has 1 aliphatic heterocycles. The van der Waals surface area contributed by atoms with Gasteiger partial charge in [-0.1, -0.05) is 6.08 Å². The molecule has 3 aromatic rings. The van der Waals surface area contributed by atoms with Crippen molar-refractivity contribution in [1.29, 1.82) is 0 Å². The molecule has 4 heterocycles. The molecule has 21 heavy (non-hydrogen) atoms. The second kappa shape index (κ2) is 4.86. The third-order valence-electron chi connectivity index (χ3n) is 3.96. The van der Waals surface area contributed by atoms with Gasteiger partial charge in [0.15, 0.2) is 0 Å². The predicted octanol–water partition coefficient (Wildman–Crippen LogP) is 2.11. The first kappa shape index (κ1) is 12.3. The minimum Gasteiger partial charge on any atom is -0.313 e. The van der Waals surface area contributed by atoms with Crippen LogP contribution in [0.3, 0.4) is 0 Å². The first-order valence-corrected chi connectivity index (χ1v) is 7.18. The Bertz CT molecular complexity index is 824. The summed E-state index contributed by atoms with van der Waals surface area (Å²) in [6.07, 6.45) is 11.2. The largest absolute Gasteiger partial charge is 0.313 e. The van der Waals surface area contributed by atoms with Crippen molar-refractivity contribution < 1.29 is 0 Å². The van der Waals surface area contributed by atoms with E-state index in [-0.39, 0.29) is 0 Å². The van der Waals surface area contributed by atoms with Crippen LogP contribution in [0.1, 0.15) is 12.0 Å². The van der Waals surface area contributed by atoms with E-state index in [1.807, 2.05) is 34.8 Å². The SMILES string of the molecule is Cn1cc(-c2cc(C3=CCNCC3)c3ccnn3c2)cn1. The summed E-state index contributed by atoms with van der Waals surface area (Å²) < 4.78 is 3.78. The lowest BCUT2D eigenvalue weighted by molar-refractivity contribution is 0.738. The highest BCUT2D eigenvalue weighted by Crippen LogP contribution is 2.29. The lowest BCUT2D eigenvalue weighted by Gasteiger charge is -2.16. The number of aryl methyl sites for hydroxylation is 1. The van der Waals surface area contributed by atoms with Crippen LogP contribution in [0.15, 0.2) is 43.0 Å². The van der Waals surface area contributed by atoms with E-state index in [1.54, 1.807) is 0 Å². The fourth-order valence-corrected chi connectivity index (χ4v) is 2.88. The Labute approximate surface area is 122 Å². The molecule has 0 saturated heterocycles. The Morgan fingerprint density at radius 3 is 2.90 bits per heavy atom. The molecule has 0 spiro atoms. The van der Waals surface area contributed by atoms with Gasteiger partial charge >= 0.3 is 0 Å². The molecular formula is C16H17N5. The highest BCUT2D eigenvalue weighted by Gasteiger charge is 2.13. The van der Waals surface area contributed by atoms with E-state index in [4.69, 9.17) is 0 Å². The van der Waals surface area contributed by atoms with E-state index in [0.717, 1.165) is 36.2 Å². The van der Waals surface area contributed by atoms with Crippen LogP contribution in [-0.2, 0) is 7.05 Å². The fourth-order valence-electron chi connectivity index (χ4n) is 2.88. The fraction of sp³-hybridized carbons (Fsp3) is 0.250. The average molecular weight is 279 g/mol. The van der Waals surface area contributed by atoms with Gasteiger partial charge in [-0.05, 0) is 30.7 Å². The summed E-state index contributed by atoms with van der Waals surface area (Å²) in [6, 6.07) is 4.33. The van der Waals surface area contributed by atoms with Crippen molar-refractivity contribution in [3.05, 3.63) is 48.6 Å². The quantitative estimate of drug-likeness (QED) is 0.781. The standard InChI is InChI=1S/C16H17N5/c1-20-10-14(9-19-20)13-8-15(12-2-5-17-6-3-12)16-4-7-18-21(16)11-13/h2,4,7-11,17H,3,5-6H2,1H3. The third-order valence-corrected chi connectivity index (χ3v) is 3.96. The Morgan fingerprint density at radius 1 is 1.19 bits per heavy atom. The maximum absolute atomic E-state index is 4.41. The first-order chi connectivity index (χ1) is 10.3. The van der Waals surface area contributed by atoms with Gasteiger partial charge in [0.05, 0.1) is 11.7 Å². The van der Waals surface area contributed by atoms with Crippen molar-refractivity contribution >= 4 is 11.1 Å². The highest BCUT2D eigenvalue weighted by molar-refractivity contribution is 5.82. The van der Waals surface area contributed by atoms with Crippen LogP contribution in [0.2, 0.25) is 0 Å². The van der Waals surface area contributed by atoms with Gasteiger partial charge in [-0.3, -0.25) is 4.68 Å². The zero-order valence-electron chi connectivity index (χ0n) is 12.0. The van der Waals surface area contributed by atoms with E-state index in [1.165, 1.54) is 11.1 Å². The van der Waals surface area contributed by atoms with Gasteiger partial charge in [0.25, 0.3) is 0 Å². The molecule has 5 heteroatoms. The van der Waals surface area contributed by atoms with E-state index in [0.29, 0.717) is 0 Å². The minimum absolute atomic E-state index is 0.937. The Balaban J connectivity index is 1.92. The molecule has 0 radical (unpaired) electrons. The number of nitrogens with one attached hydrogen (secondary N) is 1. The number of rotatable bonds is 2. The normalized spacial score (nSPS) is 15.4. The van der Waals surface area contributed by atoms with Gasteiger partial charge in [0.2, 0.25) is 0 Å². The molecule has 0 aromatic carbocycles. The van der Waals surface area contributed by atoms with E-state index >= 15 is 0 Å². The molecule has 0 atom stereocenters. The van der Waals surface area contributed by atoms with Gasteiger partial charge in [0.1, 0.15) is 0 Å². The van der Waals surface area contributed by atoms with E-state index in [9.17, 15) is 0 Å². The molecule has 0 fully saturated rings. The van der Waals surface area contributed by atoms with Crippen molar-refractivity contribution in [1.82, 2.24) is 24.7 Å². The number of aromatic nitrogens is 4. The highest BCUT2D eigenvalue weighted by atomic mass is 15.2. The van der Waals surface area contributed by atoms with Crippen molar-refractivity contribution in [2.45, 2.75) is 6.42 Å². The van der Waals surface area contributed by atoms with Crippen molar-refractivity contribution in [2.75, 3.05) is 13.1 Å². The number of hydrogen-bond donors (Lipinski definition) is 1. The number of nitrogens with zero attached hydrogens (tertiary/aromatic N) is 4. The van der Waals surface area contributed by atoms with Crippen LogP contribution in [0.25, 0.3) is 22.2 Å². The lowest BCUT2D eigenvalue weighted by atomic mass is 9.97. The summed E-state index contributed by atoms with van der Waals surface area (Å²) in [5.74, 6) is 0. The van der Waals surface area contributed by atoms with Crippen LogP contribution in [-0.4, -0.2) is 32.5 Å². The third kappa shape index (κ3) is 2.15. The number of fused-ring (bicyclic) bond motifs is 1. The molecule has 0 bridgehead atoms. The summed E-state index contributed by atoms with van der Waals surface area (Å²) in [5.41, 5.74) is 6.09. The maximum Gasteiger partial charge on any atom is 0.0736 e. The average Bonchev–Trinajstić information content (AvgIpc) is 3.15. The second-order valence-electron chi connectivity index (χ2n) is 5.39. The molecule has 4 rings (SSSR count). The topological polar surface area (TPSA) is 47.2 Å². The zero-order chi connectivity index (χ0) is 14.2. The molecule has 0 amide bonds. The lowest BCUT2D eigenvalue weighted by Crippen LogP contribution is -2.20. The number of pyridine rings is 1. The molecule has 0 saturated carbocycles. The summed E-state index contributed by atoms with van der Waals surface area (Å²) in [5, 5.41) is 12.0. The van der Waals surface area contributed by atoms with Crippen LogP contribution in [0, 0.1) is 0 Å². The van der Waals surface area contributed by atoms with Crippen molar-refractivity contribution in [3.8, 4) is 11.1 Å². The van der Waals surface area contributed by atoms with Crippen LogP contribution in [0.5, 0.6) is 0 Å². The number of hydrogen-bond acceptors (Lipinski definition) is 3. The molecular weight excluding hydrogens is 262 g/mol. The van der Waals surface area contributed by atoms with E-state index < -0.39 is 0 Å². The van der Waals surface area contributed by atoms with Gasteiger partial charge in [-0.25, -0.2) is 4.52 Å². The molecule has 0 aliphatic carbocycles. The molecule has 3 aromatic heterocycles. The van der Waals surface area contributed by atoms with Gasteiger partial charge in [0, 0.05) is 48.9 Å². The van der Waals surface area contributed by atoms with Crippen molar-refractivity contribution in [3.63, 3.8) is 0 Å². The molecule has 0 unspecified atom stereocenters. The Kier molecular flexibility index (Phi) is 2.86. The van der Waals surface area contributed by atoms with E-state index in [2.05, 4.69) is 39.9 Å². The Hall–Kier alpha value is -2.40. The molecule has 106 valence electrons. The Morgan fingerprint density at radius 2 is 2.14 bits per heavy atom. The first-order valence-electron chi connectivity index (χ1n) is 7.18. The van der Waals surface area contributed by atoms with Crippen LogP contribution >= 0.6 is 0 Å². The van der Waals surface area contributed by atoms with Gasteiger partial charge in [-0.2, -0.15) is 10.2 Å². The second-order valence-corrected chi connectivity index (χ2v) is 5.39. The van der Waals surface area contributed by atoms with Gasteiger partial charge in [-0.15, -0.1) is 0 Å². The summed E-state index contributed by atoms with van der Waals surface area (Å²) in [4.78, 5) is 0. The maximum atomic E-state index is 4.41. The predicted molar refractivity (Wildman–Crippen MR) is 82.9 cm³/mol. The summed E-state index contributed by atoms with van der Waals surface area (Å²) in [7, 11) is 1.94. The minimum atomic E-state index is 0.937. The van der Waals surface area contributed by atoms with Crippen molar-refractivity contribution in [2.24, 2.45) is 7.05 Å². The smallest absolute Gasteiger partial charge is 0.0736 e. The molecule has 1 N–H and O–H groups in total. The molecule has 1 aliphatic rings. The van der Waals surface area contributed by atoms with Crippen LogP contribution in [0.4, 0.5) is 0 Å². The monoisotopic (exact) mass is 279 g/mol. The van der Waals surface area contributed by atoms with Crippen LogP contribution < -0.4 is 5.32 Å². The zero-order valence-corrected chi connectivity index (χ0v) is 12.0. The van der Waals surface area contributed by atoms with Gasteiger partial charge < -0.3 is 5.32 Å².